The Morgan fingerprint density at radius 1 is 1.37 bits per heavy atom. The van der Waals surface area contributed by atoms with Crippen LogP contribution in [0.15, 0.2) is 28.7 Å². The van der Waals surface area contributed by atoms with Crippen molar-refractivity contribution in [1.29, 1.82) is 0 Å². The molecule has 100 valence electrons. The predicted molar refractivity (Wildman–Crippen MR) is 77.7 cm³/mol. The highest BCUT2D eigenvalue weighted by atomic mass is 79.9. The molecule has 0 aliphatic heterocycles. The summed E-state index contributed by atoms with van der Waals surface area (Å²) < 4.78 is 18.8. The molecule has 0 amide bonds. The van der Waals surface area contributed by atoms with E-state index in [2.05, 4.69) is 15.9 Å². The molecule has 2 nitrogen and oxygen atoms in total. The number of ketones is 1. The fraction of sp³-hybridized carbons (Fsp3) is 0.214. The van der Waals surface area contributed by atoms with E-state index in [1.54, 1.807) is 11.3 Å². The summed E-state index contributed by atoms with van der Waals surface area (Å²) in [6.45, 7) is 3.83. The number of carbonyl (C=O) groups is 1. The second-order valence-electron chi connectivity index (χ2n) is 4.11. The second kappa shape index (κ2) is 5.84. The largest absolute Gasteiger partial charge is 0.484 e. The van der Waals surface area contributed by atoms with Crippen molar-refractivity contribution in [3.8, 4) is 5.75 Å². The highest BCUT2D eigenvalue weighted by Crippen LogP contribution is 2.26. The third-order valence-corrected chi connectivity index (χ3v) is 4.18. The summed E-state index contributed by atoms with van der Waals surface area (Å²) in [6.07, 6.45) is 0. The van der Waals surface area contributed by atoms with Crippen molar-refractivity contribution >= 4 is 33.0 Å². The molecule has 5 heteroatoms. The van der Waals surface area contributed by atoms with Crippen LogP contribution in [0.3, 0.4) is 0 Å². The second-order valence-corrected chi connectivity index (χ2v) is 6.43. The third kappa shape index (κ3) is 3.42. The highest BCUT2D eigenvalue weighted by Gasteiger charge is 2.13. The number of carbonyl (C=O) groups excluding carboxylic acids is 1. The molecule has 0 bridgehead atoms. The lowest BCUT2D eigenvalue weighted by Gasteiger charge is -2.07. The molecule has 1 aromatic carbocycles. The Morgan fingerprint density at radius 3 is 2.68 bits per heavy atom. The van der Waals surface area contributed by atoms with Gasteiger partial charge >= 0.3 is 0 Å². The van der Waals surface area contributed by atoms with E-state index in [0.717, 1.165) is 9.75 Å². The van der Waals surface area contributed by atoms with Gasteiger partial charge in [-0.1, -0.05) is 0 Å². The van der Waals surface area contributed by atoms with Gasteiger partial charge in [-0.05, 0) is 54.0 Å². The van der Waals surface area contributed by atoms with Crippen LogP contribution in [0.2, 0.25) is 0 Å². The Bertz CT molecular complexity index is 622. The van der Waals surface area contributed by atoms with E-state index in [9.17, 15) is 9.18 Å². The van der Waals surface area contributed by atoms with Crippen molar-refractivity contribution in [1.82, 2.24) is 0 Å². The summed E-state index contributed by atoms with van der Waals surface area (Å²) in [6, 6.07) is 5.97. The number of ether oxygens (including phenoxy) is 1. The SMILES string of the molecule is Cc1cc(C(=O)COc2ccc(F)cc2Br)c(C)s1. The summed E-state index contributed by atoms with van der Waals surface area (Å²) in [5.74, 6) is 0.0345. The Labute approximate surface area is 123 Å². The van der Waals surface area contributed by atoms with Crippen molar-refractivity contribution in [3.63, 3.8) is 0 Å². The fourth-order valence-corrected chi connectivity index (χ4v) is 3.13. The Balaban J connectivity index is 2.06. The van der Waals surface area contributed by atoms with Crippen molar-refractivity contribution in [2.24, 2.45) is 0 Å². The van der Waals surface area contributed by atoms with E-state index in [1.165, 1.54) is 18.2 Å². The van der Waals surface area contributed by atoms with Crippen LogP contribution in [0.5, 0.6) is 5.75 Å². The number of hydrogen-bond donors (Lipinski definition) is 0. The fourth-order valence-electron chi connectivity index (χ4n) is 1.72. The van der Waals surface area contributed by atoms with E-state index < -0.39 is 0 Å². The molecule has 0 aliphatic carbocycles. The van der Waals surface area contributed by atoms with Crippen LogP contribution in [-0.4, -0.2) is 12.4 Å². The molecule has 0 fully saturated rings. The molecular formula is C14H12BrFO2S. The van der Waals surface area contributed by atoms with Gasteiger partial charge < -0.3 is 4.74 Å². The number of Topliss-reactive ketones (excluding diaryl/α,β-unsaturated/α-hetero) is 1. The quantitative estimate of drug-likeness (QED) is 0.763. The summed E-state index contributed by atoms with van der Waals surface area (Å²) in [5.41, 5.74) is 0.695. The van der Waals surface area contributed by atoms with Gasteiger partial charge in [-0.25, -0.2) is 4.39 Å². The smallest absolute Gasteiger partial charge is 0.201 e. The molecule has 1 heterocycles. The minimum atomic E-state index is -0.352. The number of rotatable bonds is 4. The van der Waals surface area contributed by atoms with E-state index in [1.807, 2.05) is 19.9 Å². The van der Waals surface area contributed by atoms with Crippen molar-refractivity contribution < 1.29 is 13.9 Å². The van der Waals surface area contributed by atoms with Crippen LogP contribution in [0, 0.1) is 19.7 Å². The van der Waals surface area contributed by atoms with E-state index >= 15 is 0 Å². The summed E-state index contributed by atoms with van der Waals surface area (Å²) in [5, 5.41) is 0. The summed E-state index contributed by atoms with van der Waals surface area (Å²) in [4.78, 5) is 14.1. The number of aryl methyl sites for hydroxylation is 2. The zero-order chi connectivity index (χ0) is 14.0. The van der Waals surface area contributed by atoms with Gasteiger partial charge in [0.25, 0.3) is 0 Å². The van der Waals surface area contributed by atoms with Gasteiger partial charge in [0, 0.05) is 15.3 Å². The van der Waals surface area contributed by atoms with Gasteiger partial charge in [0.1, 0.15) is 11.6 Å². The molecule has 0 N–H and O–H groups in total. The zero-order valence-corrected chi connectivity index (χ0v) is 12.9. The molecule has 1 aromatic heterocycles. The first kappa shape index (κ1) is 14.2. The molecule has 2 aromatic rings. The minimum Gasteiger partial charge on any atom is -0.484 e. The predicted octanol–water partition coefficient (Wildman–Crippen LogP) is 4.53. The van der Waals surface area contributed by atoms with Crippen molar-refractivity contribution in [3.05, 3.63) is 49.9 Å². The van der Waals surface area contributed by atoms with Gasteiger partial charge in [0.2, 0.25) is 5.78 Å². The van der Waals surface area contributed by atoms with E-state index in [-0.39, 0.29) is 18.2 Å². The van der Waals surface area contributed by atoms with Crippen LogP contribution in [-0.2, 0) is 0 Å². The van der Waals surface area contributed by atoms with Crippen LogP contribution in [0.1, 0.15) is 20.1 Å². The van der Waals surface area contributed by atoms with Gasteiger partial charge in [-0.3, -0.25) is 4.79 Å². The maximum absolute atomic E-state index is 12.9. The van der Waals surface area contributed by atoms with Gasteiger partial charge in [0.15, 0.2) is 6.61 Å². The third-order valence-electron chi connectivity index (χ3n) is 2.59. The molecule has 0 unspecified atom stereocenters. The maximum atomic E-state index is 12.9. The molecule has 0 saturated carbocycles. The van der Waals surface area contributed by atoms with Gasteiger partial charge in [-0.2, -0.15) is 0 Å². The van der Waals surface area contributed by atoms with Gasteiger partial charge in [-0.15, -0.1) is 11.3 Å². The molecule has 0 spiro atoms. The molecule has 0 atom stereocenters. The molecular weight excluding hydrogens is 331 g/mol. The van der Waals surface area contributed by atoms with E-state index in [4.69, 9.17) is 4.74 Å². The Morgan fingerprint density at radius 2 is 2.11 bits per heavy atom. The number of thiophene rings is 1. The van der Waals surface area contributed by atoms with Crippen LogP contribution >= 0.6 is 27.3 Å². The van der Waals surface area contributed by atoms with Crippen LogP contribution in [0.4, 0.5) is 4.39 Å². The highest BCUT2D eigenvalue weighted by molar-refractivity contribution is 9.10. The van der Waals surface area contributed by atoms with E-state index in [0.29, 0.717) is 15.8 Å². The minimum absolute atomic E-state index is 0.0543. The number of halogens is 2. The van der Waals surface area contributed by atoms with Crippen LogP contribution in [0.25, 0.3) is 0 Å². The normalized spacial score (nSPS) is 10.5. The summed E-state index contributed by atoms with van der Waals surface area (Å²) >= 11 is 4.79. The lowest BCUT2D eigenvalue weighted by Crippen LogP contribution is -2.12. The van der Waals surface area contributed by atoms with Crippen molar-refractivity contribution in [2.45, 2.75) is 13.8 Å². The zero-order valence-electron chi connectivity index (χ0n) is 10.5. The Hall–Kier alpha value is -1.20. The molecule has 0 saturated heterocycles. The Kier molecular flexibility index (Phi) is 4.37. The molecule has 0 aliphatic rings. The lowest BCUT2D eigenvalue weighted by atomic mass is 10.2. The summed E-state index contributed by atoms with van der Waals surface area (Å²) in [7, 11) is 0. The van der Waals surface area contributed by atoms with Crippen LogP contribution < -0.4 is 4.74 Å². The molecule has 19 heavy (non-hydrogen) atoms. The first-order valence-corrected chi connectivity index (χ1v) is 7.26. The van der Waals surface area contributed by atoms with Crippen molar-refractivity contribution in [2.75, 3.05) is 6.61 Å². The topological polar surface area (TPSA) is 26.3 Å². The molecule has 0 radical (unpaired) electrons. The average Bonchev–Trinajstić information content (AvgIpc) is 2.67. The first-order valence-electron chi connectivity index (χ1n) is 5.65. The number of hydrogen-bond acceptors (Lipinski definition) is 3. The molecule has 2 rings (SSSR count). The number of benzene rings is 1. The monoisotopic (exact) mass is 342 g/mol. The van der Waals surface area contributed by atoms with Gasteiger partial charge in [0.05, 0.1) is 4.47 Å². The lowest BCUT2D eigenvalue weighted by molar-refractivity contribution is 0.0921. The first-order chi connectivity index (χ1) is 8.97. The standard InChI is InChI=1S/C14H12BrFO2S/c1-8-5-11(9(2)19-8)13(17)7-18-14-4-3-10(16)6-12(14)15/h3-6H,7H2,1-2H3. The maximum Gasteiger partial charge on any atom is 0.201 e. The average molecular weight is 343 g/mol.